The van der Waals surface area contributed by atoms with Crippen LogP contribution in [0, 0.1) is 5.92 Å². The molecule has 2 rings (SSSR count). The number of hydrogen-bond acceptors (Lipinski definition) is 4. The molecule has 1 aromatic heterocycles. The van der Waals surface area contributed by atoms with Gasteiger partial charge in [0, 0.05) is 11.8 Å². The number of aromatic amines is 1. The molecule has 0 aliphatic heterocycles. The highest BCUT2D eigenvalue weighted by Gasteiger charge is 2.45. The van der Waals surface area contributed by atoms with Gasteiger partial charge in [-0.05, 0) is 12.1 Å². The van der Waals surface area contributed by atoms with E-state index in [9.17, 15) is 18.0 Å². The van der Waals surface area contributed by atoms with E-state index in [0.717, 1.165) is 0 Å². The molecule has 0 saturated heterocycles. The highest BCUT2D eigenvalue weighted by Crippen LogP contribution is 2.32. The van der Waals surface area contributed by atoms with Gasteiger partial charge >= 0.3 is 12.1 Å². The minimum atomic E-state index is -4.78. The number of hydrogen-bond donors (Lipinski definition) is 2. The second kappa shape index (κ2) is 5.84. The second-order valence-electron chi connectivity index (χ2n) is 4.17. The van der Waals surface area contributed by atoms with E-state index in [4.69, 9.17) is 9.84 Å². The zero-order valence-electron chi connectivity index (χ0n) is 10.8. The molecule has 0 amide bonds. The van der Waals surface area contributed by atoms with Crippen LogP contribution in [0.1, 0.15) is 0 Å². The monoisotopic (exact) mass is 320 g/mol. The van der Waals surface area contributed by atoms with Crippen molar-refractivity contribution in [1.29, 1.82) is 0 Å². The molecule has 2 N–H and O–H groups in total. The van der Waals surface area contributed by atoms with E-state index in [1.807, 2.05) is 0 Å². The number of fused-ring (bicyclic) bond motifs is 1. The van der Waals surface area contributed by atoms with Crippen molar-refractivity contribution in [3.63, 3.8) is 0 Å². The number of halogens is 3. The number of imidazole rings is 1. The molecule has 0 aliphatic carbocycles. The summed E-state index contributed by atoms with van der Waals surface area (Å²) in [6.45, 7) is 0. The number of methoxy groups -OCH3 is 1. The molecule has 0 aliphatic rings. The van der Waals surface area contributed by atoms with Gasteiger partial charge in [-0.2, -0.15) is 13.2 Å². The highest BCUT2D eigenvalue weighted by atomic mass is 32.2. The van der Waals surface area contributed by atoms with Crippen LogP contribution in [-0.4, -0.2) is 40.1 Å². The van der Waals surface area contributed by atoms with Crippen molar-refractivity contribution < 1.29 is 27.8 Å². The molecule has 21 heavy (non-hydrogen) atoms. The third kappa shape index (κ3) is 3.60. The van der Waals surface area contributed by atoms with Gasteiger partial charge in [0.15, 0.2) is 11.1 Å². The van der Waals surface area contributed by atoms with E-state index in [-0.39, 0.29) is 5.16 Å². The SMILES string of the molecule is COc1ccc2nc(SCC(C(=O)O)C(F)(F)F)[nH]c2c1. The Bertz CT molecular complexity index is 657. The number of alkyl halides is 3. The number of aliphatic carboxylic acids is 1. The van der Waals surface area contributed by atoms with Crippen molar-refractivity contribution >= 4 is 28.8 Å². The lowest BCUT2D eigenvalue weighted by atomic mass is 10.2. The molecule has 0 fully saturated rings. The number of nitrogens with zero attached hydrogens (tertiary/aromatic N) is 1. The summed E-state index contributed by atoms with van der Waals surface area (Å²) < 4.78 is 42.6. The van der Waals surface area contributed by atoms with Crippen LogP contribution in [0.2, 0.25) is 0 Å². The van der Waals surface area contributed by atoms with Crippen molar-refractivity contribution in [1.82, 2.24) is 9.97 Å². The third-order valence-electron chi connectivity index (χ3n) is 2.75. The van der Waals surface area contributed by atoms with E-state index in [2.05, 4.69) is 9.97 Å². The molecule has 2 aromatic rings. The molecular formula is C12H11F3N2O3S. The molecule has 5 nitrogen and oxygen atoms in total. The Morgan fingerprint density at radius 1 is 1.52 bits per heavy atom. The van der Waals surface area contributed by atoms with E-state index in [1.54, 1.807) is 18.2 Å². The van der Waals surface area contributed by atoms with Crippen LogP contribution in [0.15, 0.2) is 23.4 Å². The zero-order chi connectivity index (χ0) is 15.6. The Morgan fingerprint density at radius 2 is 2.24 bits per heavy atom. The minimum Gasteiger partial charge on any atom is -0.497 e. The third-order valence-corrected chi connectivity index (χ3v) is 3.71. The predicted molar refractivity (Wildman–Crippen MR) is 70.6 cm³/mol. The Morgan fingerprint density at radius 3 is 2.81 bits per heavy atom. The van der Waals surface area contributed by atoms with Gasteiger partial charge < -0.3 is 14.8 Å². The standard InChI is InChI=1S/C12H11F3N2O3S/c1-20-6-2-3-8-9(4-6)17-11(16-8)21-5-7(10(18)19)12(13,14)15/h2-4,7H,5H2,1H3,(H,16,17)(H,18,19). The molecule has 1 heterocycles. The second-order valence-corrected chi connectivity index (χ2v) is 5.18. The Hall–Kier alpha value is -1.90. The first-order chi connectivity index (χ1) is 9.81. The number of benzene rings is 1. The van der Waals surface area contributed by atoms with Crippen LogP contribution < -0.4 is 4.74 Å². The summed E-state index contributed by atoms with van der Waals surface area (Å²) in [5, 5.41) is 8.84. The molecule has 1 atom stereocenters. The van der Waals surface area contributed by atoms with Crippen molar-refractivity contribution in [2.75, 3.05) is 12.9 Å². The molecular weight excluding hydrogens is 309 g/mol. The number of aromatic nitrogens is 2. The van der Waals surface area contributed by atoms with E-state index in [1.165, 1.54) is 7.11 Å². The van der Waals surface area contributed by atoms with Crippen molar-refractivity contribution in [2.24, 2.45) is 5.92 Å². The quantitative estimate of drug-likeness (QED) is 0.829. The van der Waals surface area contributed by atoms with Gasteiger partial charge in [0.2, 0.25) is 0 Å². The smallest absolute Gasteiger partial charge is 0.403 e. The number of ether oxygens (including phenoxy) is 1. The summed E-state index contributed by atoms with van der Waals surface area (Å²) in [6, 6.07) is 4.99. The lowest BCUT2D eigenvalue weighted by molar-refractivity contribution is -0.188. The fourth-order valence-corrected chi connectivity index (χ4v) is 2.63. The first-order valence-electron chi connectivity index (χ1n) is 5.77. The van der Waals surface area contributed by atoms with E-state index < -0.39 is 23.8 Å². The molecule has 1 unspecified atom stereocenters. The average Bonchev–Trinajstić information content (AvgIpc) is 2.78. The van der Waals surface area contributed by atoms with Crippen molar-refractivity contribution in [3.05, 3.63) is 18.2 Å². The number of rotatable bonds is 5. The summed E-state index contributed by atoms with van der Waals surface area (Å²) in [4.78, 5) is 17.6. The summed E-state index contributed by atoms with van der Waals surface area (Å²) in [5.41, 5.74) is 1.17. The number of carboxylic acid groups (broad SMARTS) is 1. The Kier molecular flexibility index (Phi) is 4.31. The molecule has 0 radical (unpaired) electrons. The normalized spacial score (nSPS) is 13.3. The molecule has 0 saturated carbocycles. The molecule has 9 heteroatoms. The Labute approximate surface area is 121 Å². The fraction of sp³-hybridized carbons (Fsp3) is 0.333. The lowest BCUT2D eigenvalue weighted by Gasteiger charge is -2.14. The summed E-state index contributed by atoms with van der Waals surface area (Å²) in [5.74, 6) is -4.38. The zero-order valence-corrected chi connectivity index (χ0v) is 11.6. The van der Waals surface area contributed by atoms with Crippen molar-refractivity contribution in [3.8, 4) is 5.75 Å². The van der Waals surface area contributed by atoms with E-state index in [0.29, 0.717) is 28.5 Å². The van der Waals surface area contributed by atoms with Crippen LogP contribution >= 0.6 is 11.8 Å². The van der Waals surface area contributed by atoms with Gasteiger partial charge in [-0.1, -0.05) is 11.8 Å². The maximum Gasteiger partial charge on any atom is 0.403 e. The van der Waals surface area contributed by atoms with Gasteiger partial charge in [-0.25, -0.2) is 4.98 Å². The minimum absolute atomic E-state index is 0.230. The topological polar surface area (TPSA) is 75.2 Å². The molecule has 0 spiro atoms. The summed E-state index contributed by atoms with van der Waals surface area (Å²) in [6.07, 6.45) is -4.78. The van der Waals surface area contributed by atoms with Crippen LogP contribution in [-0.2, 0) is 4.79 Å². The summed E-state index contributed by atoms with van der Waals surface area (Å²) >= 11 is 0.715. The maximum absolute atomic E-state index is 12.5. The predicted octanol–water partition coefficient (Wildman–Crippen LogP) is 2.93. The largest absolute Gasteiger partial charge is 0.497 e. The number of carboxylic acids is 1. The van der Waals surface area contributed by atoms with Gasteiger partial charge in [-0.3, -0.25) is 4.79 Å². The highest BCUT2D eigenvalue weighted by molar-refractivity contribution is 7.99. The van der Waals surface area contributed by atoms with Gasteiger partial charge in [-0.15, -0.1) is 0 Å². The average molecular weight is 320 g/mol. The number of H-pyrrole nitrogens is 1. The van der Waals surface area contributed by atoms with Gasteiger partial charge in [0.05, 0.1) is 18.1 Å². The Balaban J connectivity index is 2.14. The summed E-state index contributed by atoms with van der Waals surface area (Å²) in [7, 11) is 1.49. The molecule has 1 aromatic carbocycles. The first kappa shape index (κ1) is 15.5. The van der Waals surface area contributed by atoms with Crippen molar-refractivity contribution in [2.45, 2.75) is 11.3 Å². The number of thioether (sulfide) groups is 1. The van der Waals surface area contributed by atoms with Crippen LogP contribution in [0.5, 0.6) is 5.75 Å². The van der Waals surface area contributed by atoms with Crippen LogP contribution in [0.3, 0.4) is 0 Å². The lowest BCUT2D eigenvalue weighted by Crippen LogP contribution is -2.32. The molecule has 0 bridgehead atoms. The molecule has 114 valence electrons. The van der Waals surface area contributed by atoms with E-state index >= 15 is 0 Å². The fourth-order valence-electron chi connectivity index (χ4n) is 1.63. The number of carbonyl (C=O) groups is 1. The van der Waals surface area contributed by atoms with Gasteiger partial charge in [0.25, 0.3) is 0 Å². The number of nitrogens with one attached hydrogen (secondary N) is 1. The first-order valence-corrected chi connectivity index (χ1v) is 6.76. The van der Waals surface area contributed by atoms with Gasteiger partial charge in [0.1, 0.15) is 5.75 Å². The maximum atomic E-state index is 12.5. The van der Waals surface area contributed by atoms with Crippen LogP contribution in [0.4, 0.5) is 13.2 Å². The van der Waals surface area contributed by atoms with Crippen LogP contribution in [0.25, 0.3) is 11.0 Å².